The summed E-state index contributed by atoms with van der Waals surface area (Å²) in [5, 5.41) is 7.18. The van der Waals surface area contributed by atoms with Crippen LogP contribution in [0.1, 0.15) is 59.2 Å². The largest absolute Gasteiger partial charge is 0.352 e. The van der Waals surface area contributed by atoms with Crippen LogP contribution in [0, 0.1) is 20.8 Å². The Kier molecular flexibility index (Phi) is 7.79. The highest BCUT2D eigenvalue weighted by Crippen LogP contribution is 2.41. The van der Waals surface area contributed by atoms with Gasteiger partial charge < -0.3 is 20.1 Å². The van der Waals surface area contributed by atoms with Crippen LogP contribution < -0.4 is 10.6 Å². The highest BCUT2D eigenvalue weighted by atomic mass is 32.1. The first-order valence-electron chi connectivity index (χ1n) is 13.5. The van der Waals surface area contributed by atoms with Crippen LogP contribution in [0.3, 0.4) is 0 Å². The second-order valence-corrected chi connectivity index (χ2v) is 10.6. The van der Waals surface area contributed by atoms with Gasteiger partial charge in [-0.15, -0.1) is 0 Å². The monoisotopic (exact) mass is 537 g/mol. The summed E-state index contributed by atoms with van der Waals surface area (Å²) >= 11 is 5.85. The SMILES string of the molecule is CCc1ccc(-n2c(C)cc([C@H]3[C@H](c4ccccn4)NC(=S)N3CCC(=O)Nc3cccc(C)c3)c2C)cc1. The second kappa shape index (κ2) is 11.4. The molecule has 0 saturated carbocycles. The number of benzene rings is 2. The van der Waals surface area contributed by atoms with Crippen molar-refractivity contribution in [2.45, 2.75) is 52.6 Å². The summed E-state index contributed by atoms with van der Waals surface area (Å²) in [4.78, 5) is 19.7. The molecule has 2 N–H and O–H groups in total. The van der Waals surface area contributed by atoms with Gasteiger partial charge >= 0.3 is 0 Å². The third-order valence-corrected chi connectivity index (χ3v) is 7.82. The number of carbonyl (C=O) groups excluding carboxylic acids is 1. The van der Waals surface area contributed by atoms with Crippen LogP contribution >= 0.6 is 12.2 Å². The highest BCUT2D eigenvalue weighted by Gasteiger charge is 2.41. The third kappa shape index (κ3) is 5.59. The molecular formula is C32H35N5OS. The van der Waals surface area contributed by atoms with Crippen molar-refractivity contribution in [1.82, 2.24) is 19.8 Å². The van der Waals surface area contributed by atoms with Crippen molar-refractivity contribution in [1.29, 1.82) is 0 Å². The number of rotatable bonds is 8. The van der Waals surface area contributed by atoms with Gasteiger partial charge in [0.2, 0.25) is 5.91 Å². The van der Waals surface area contributed by atoms with E-state index in [4.69, 9.17) is 12.2 Å². The number of hydrogen-bond donors (Lipinski definition) is 2. The van der Waals surface area contributed by atoms with Crippen LogP contribution in [0.4, 0.5) is 5.69 Å². The summed E-state index contributed by atoms with van der Waals surface area (Å²) < 4.78 is 2.30. The molecule has 39 heavy (non-hydrogen) atoms. The molecule has 5 rings (SSSR count). The van der Waals surface area contributed by atoms with Gasteiger partial charge in [-0.25, -0.2) is 0 Å². The molecule has 2 aromatic heterocycles. The third-order valence-electron chi connectivity index (χ3n) is 7.47. The van der Waals surface area contributed by atoms with Crippen molar-refractivity contribution >= 4 is 28.9 Å². The number of hydrogen-bond acceptors (Lipinski definition) is 3. The lowest BCUT2D eigenvalue weighted by Gasteiger charge is -2.28. The summed E-state index contributed by atoms with van der Waals surface area (Å²) in [7, 11) is 0. The Bertz CT molecular complexity index is 1480. The first kappa shape index (κ1) is 26.6. The van der Waals surface area contributed by atoms with Crippen LogP contribution in [0.25, 0.3) is 5.69 Å². The van der Waals surface area contributed by atoms with E-state index in [0.29, 0.717) is 18.1 Å². The molecule has 0 bridgehead atoms. The van der Waals surface area contributed by atoms with Crippen molar-refractivity contribution in [2.24, 2.45) is 0 Å². The van der Waals surface area contributed by atoms with E-state index in [9.17, 15) is 4.79 Å². The summed E-state index contributed by atoms with van der Waals surface area (Å²) in [6.07, 6.45) is 3.14. The molecule has 1 amide bonds. The van der Waals surface area contributed by atoms with Crippen LogP contribution in [0.5, 0.6) is 0 Å². The number of thiocarbonyl (C=S) groups is 1. The topological polar surface area (TPSA) is 62.2 Å². The van der Waals surface area contributed by atoms with Gasteiger partial charge in [-0.2, -0.15) is 0 Å². The molecule has 0 aliphatic carbocycles. The minimum Gasteiger partial charge on any atom is -0.352 e. The highest BCUT2D eigenvalue weighted by molar-refractivity contribution is 7.80. The van der Waals surface area contributed by atoms with Crippen molar-refractivity contribution in [3.05, 3.63) is 113 Å². The zero-order valence-electron chi connectivity index (χ0n) is 22.9. The number of amides is 1. The minimum atomic E-state index is -0.130. The van der Waals surface area contributed by atoms with E-state index in [1.807, 2.05) is 55.6 Å². The van der Waals surface area contributed by atoms with Crippen LogP contribution in [0.2, 0.25) is 0 Å². The summed E-state index contributed by atoms with van der Waals surface area (Å²) in [5.74, 6) is -0.0371. The molecule has 2 atom stereocenters. The number of pyridine rings is 1. The predicted octanol–water partition coefficient (Wildman–Crippen LogP) is 6.36. The second-order valence-electron chi connectivity index (χ2n) is 10.2. The van der Waals surface area contributed by atoms with Gasteiger partial charge in [0.05, 0.1) is 17.8 Å². The summed E-state index contributed by atoms with van der Waals surface area (Å²) in [5.41, 5.74) is 8.78. The molecule has 0 radical (unpaired) electrons. The average Bonchev–Trinajstić information content (AvgIpc) is 3.42. The van der Waals surface area contributed by atoms with E-state index in [-0.39, 0.29) is 18.0 Å². The molecule has 2 aromatic carbocycles. The minimum absolute atomic E-state index is 0.0371. The molecule has 200 valence electrons. The molecule has 0 unspecified atom stereocenters. The number of carbonyl (C=O) groups is 1. The Balaban J connectivity index is 1.46. The Morgan fingerprint density at radius 3 is 2.51 bits per heavy atom. The zero-order valence-corrected chi connectivity index (χ0v) is 23.8. The van der Waals surface area contributed by atoms with Gasteiger partial charge in [0.15, 0.2) is 5.11 Å². The Morgan fingerprint density at radius 2 is 1.82 bits per heavy atom. The predicted molar refractivity (Wildman–Crippen MR) is 161 cm³/mol. The molecule has 1 saturated heterocycles. The Morgan fingerprint density at radius 1 is 1.03 bits per heavy atom. The number of aromatic nitrogens is 2. The molecule has 1 aliphatic rings. The first-order chi connectivity index (χ1) is 18.9. The zero-order chi connectivity index (χ0) is 27.5. The molecule has 0 spiro atoms. The number of anilines is 1. The molecule has 4 aromatic rings. The Hall–Kier alpha value is -3.97. The molecule has 1 fully saturated rings. The maximum atomic E-state index is 12.9. The van der Waals surface area contributed by atoms with Gasteiger partial charge in [0.25, 0.3) is 0 Å². The molecule has 1 aliphatic heterocycles. The maximum Gasteiger partial charge on any atom is 0.226 e. The fraction of sp³-hybridized carbons (Fsp3) is 0.281. The van der Waals surface area contributed by atoms with Crippen molar-refractivity contribution < 1.29 is 4.79 Å². The first-order valence-corrected chi connectivity index (χ1v) is 13.9. The van der Waals surface area contributed by atoms with Gasteiger partial charge in [-0.05, 0) is 98.6 Å². The van der Waals surface area contributed by atoms with Gasteiger partial charge in [-0.1, -0.05) is 37.3 Å². The van der Waals surface area contributed by atoms with Crippen molar-refractivity contribution in [2.75, 3.05) is 11.9 Å². The van der Waals surface area contributed by atoms with E-state index in [2.05, 4.69) is 76.2 Å². The Labute approximate surface area is 236 Å². The fourth-order valence-electron chi connectivity index (χ4n) is 5.52. The smallest absolute Gasteiger partial charge is 0.226 e. The van der Waals surface area contributed by atoms with Crippen molar-refractivity contribution in [3.63, 3.8) is 0 Å². The van der Waals surface area contributed by atoms with Crippen LogP contribution in [0.15, 0.2) is 79.0 Å². The van der Waals surface area contributed by atoms with Crippen LogP contribution in [-0.4, -0.2) is 32.0 Å². The quantitative estimate of drug-likeness (QED) is 0.256. The van der Waals surface area contributed by atoms with E-state index in [1.54, 1.807) is 0 Å². The molecule has 3 heterocycles. The summed E-state index contributed by atoms with van der Waals surface area (Å²) in [6, 6.07) is 24.6. The lowest BCUT2D eigenvalue weighted by Crippen LogP contribution is -2.32. The van der Waals surface area contributed by atoms with E-state index >= 15 is 0 Å². The lowest BCUT2D eigenvalue weighted by molar-refractivity contribution is -0.116. The number of nitrogens with one attached hydrogen (secondary N) is 2. The maximum absolute atomic E-state index is 12.9. The molecule has 7 heteroatoms. The van der Waals surface area contributed by atoms with Gasteiger partial charge in [0.1, 0.15) is 0 Å². The van der Waals surface area contributed by atoms with Gasteiger partial charge in [0, 0.05) is 41.9 Å². The number of aryl methyl sites for hydroxylation is 3. The van der Waals surface area contributed by atoms with Crippen molar-refractivity contribution in [3.8, 4) is 5.69 Å². The summed E-state index contributed by atoms with van der Waals surface area (Å²) in [6.45, 7) is 8.98. The van der Waals surface area contributed by atoms with E-state index in [1.165, 1.54) is 11.1 Å². The average molecular weight is 538 g/mol. The molecular weight excluding hydrogens is 502 g/mol. The normalized spacial score (nSPS) is 16.8. The van der Waals surface area contributed by atoms with E-state index in [0.717, 1.165) is 40.4 Å². The molecule has 6 nitrogen and oxygen atoms in total. The lowest BCUT2D eigenvalue weighted by atomic mass is 9.96. The van der Waals surface area contributed by atoms with E-state index < -0.39 is 0 Å². The van der Waals surface area contributed by atoms with Crippen LogP contribution in [-0.2, 0) is 11.2 Å². The number of nitrogens with zero attached hydrogens (tertiary/aromatic N) is 3. The fourth-order valence-corrected chi connectivity index (χ4v) is 5.85. The standard InChI is InChI=1S/C32H35N5OS/c1-5-24-12-14-26(15-13-24)37-22(3)20-27(23(37)4)31-30(28-11-6-7-17-33-28)35-32(39)36(31)18-16-29(38)34-25-10-8-9-21(2)19-25/h6-15,17,19-20,30-31H,5,16,18H2,1-4H3,(H,34,38)(H,35,39)/t30-,31-/m0/s1. The van der Waals surface area contributed by atoms with Gasteiger partial charge in [-0.3, -0.25) is 9.78 Å².